The Balaban J connectivity index is 0.00000225. The van der Waals surface area contributed by atoms with Crippen LogP contribution in [0, 0.1) is 17.6 Å². The lowest BCUT2D eigenvalue weighted by molar-refractivity contribution is 0.444. The molecule has 1 atom stereocenters. The molecule has 0 saturated carbocycles. The van der Waals surface area contributed by atoms with Gasteiger partial charge in [-0.2, -0.15) is 0 Å². The number of aromatic nitrogens is 2. The van der Waals surface area contributed by atoms with Crippen molar-refractivity contribution in [2.24, 2.45) is 5.92 Å². The summed E-state index contributed by atoms with van der Waals surface area (Å²) in [6, 6.07) is 1.83. The molecule has 2 aromatic rings. The molecule has 1 saturated heterocycles. The molecule has 10 heteroatoms. The smallest absolute Gasteiger partial charge is 0.164 e. The minimum atomic E-state index is -3.32. The van der Waals surface area contributed by atoms with Crippen LogP contribution in [0.5, 0.6) is 0 Å². The number of hydrogen-bond acceptors (Lipinski definition) is 5. The summed E-state index contributed by atoms with van der Waals surface area (Å²) in [6.45, 7) is 3.60. The average molecular weight is 450 g/mol. The van der Waals surface area contributed by atoms with Gasteiger partial charge in [0, 0.05) is 18.7 Å². The van der Waals surface area contributed by atoms with Crippen molar-refractivity contribution in [2.45, 2.75) is 31.3 Å². The fraction of sp³-hybridized carbons (Fsp3) is 0.444. The summed E-state index contributed by atoms with van der Waals surface area (Å²) >= 11 is 5.63. The predicted octanol–water partition coefficient (Wildman–Crippen LogP) is 4.16. The van der Waals surface area contributed by atoms with Crippen LogP contribution in [0.1, 0.15) is 31.0 Å². The summed E-state index contributed by atoms with van der Waals surface area (Å²) in [5, 5.41) is -0.329. The number of anilines is 1. The molecule has 0 amide bonds. The second kappa shape index (κ2) is 7.72. The Kier molecular flexibility index (Phi) is 5.85. The average Bonchev–Trinajstić information content (AvgIpc) is 2.91. The molecule has 2 aliphatic heterocycles. The molecule has 0 unspecified atom stereocenters. The highest BCUT2D eigenvalue weighted by molar-refractivity contribution is 7.90. The molecule has 4 rings (SSSR count). The van der Waals surface area contributed by atoms with Crippen molar-refractivity contribution in [1.29, 1.82) is 0 Å². The van der Waals surface area contributed by atoms with E-state index in [1.165, 1.54) is 0 Å². The lowest BCUT2D eigenvalue weighted by Crippen LogP contribution is -2.35. The van der Waals surface area contributed by atoms with Gasteiger partial charge < -0.3 is 4.90 Å². The molecule has 0 aliphatic carbocycles. The number of hydrogen-bond donors (Lipinski definition) is 0. The molecule has 0 N–H and O–H groups in total. The third-order valence-corrected chi connectivity index (χ3v) is 6.73. The van der Waals surface area contributed by atoms with Gasteiger partial charge in [-0.3, -0.25) is 0 Å². The molecule has 0 spiro atoms. The normalized spacial score (nSPS) is 20.6. The summed E-state index contributed by atoms with van der Waals surface area (Å²) in [6.07, 6.45) is 2.05. The maximum Gasteiger partial charge on any atom is 0.164 e. The summed E-state index contributed by atoms with van der Waals surface area (Å²) < 4.78 is 52.6. The van der Waals surface area contributed by atoms with Gasteiger partial charge in [0.25, 0.3) is 0 Å². The summed E-state index contributed by atoms with van der Waals surface area (Å²) in [4.78, 5) is 10.8. The summed E-state index contributed by atoms with van der Waals surface area (Å²) in [7, 11) is -3.32. The number of fused-ring (bicyclic) bond motifs is 1. The number of rotatable bonds is 2. The van der Waals surface area contributed by atoms with Gasteiger partial charge in [-0.05, 0) is 30.9 Å². The lowest BCUT2D eigenvalue weighted by atomic mass is 10.00. The fourth-order valence-electron chi connectivity index (χ4n) is 3.72. The minimum absolute atomic E-state index is 0. The van der Waals surface area contributed by atoms with Crippen LogP contribution in [-0.2, 0) is 21.3 Å². The summed E-state index contributed by atoms with van der Waals surface area (Å²) in [5.41, 5.74) is 0.806. The number of piperidine rings is 1. The molecule has 152 valence electrons. The van der Waals surface area contributed by atoms with E-state index in [9.17, 15) is 17.2 Å². The van der Waals surface area contributed by atoms with Gasteiger partial charge in [0.2, 0.25) is 0 Å². The van der Waals surface area contributed by atoms with Gasteiger partial charge in [0.05, 0.1) is 27.8 Å². The van der Waals surface area contributed by atoms with E-state index in [0.717, 1.165) is 38.1 Å². The lowest BCUT2D eigenvalue weighted by Gasteiger charge is -2.33. The quantitative estimate of drug-likeness (QED) is 0.643. The van der Waals surface area contributed by atoms with Crippen LogP contribution in [0.15, 0.2) is 12.1 Å². The van der Waals surface area contributed by atoms with E-state index in [4.69, 9.17) is 11.6 Å². The number of sulfone groups is 1. The molecular weight excluding hydrogens is 431 g/mol. The summed E-state index contributed by atoms with van der Waals surface area (Å²) in [5.74, 6) is -0.940. The third-order valence-electron chi connectivity index (χ3n) is 5.00. The van der Waals surface area contributed by atoms with Gasteiger partial charge in [0.1, 0.15) is 17.5 Å². The van der Waals surface area contributed by atoms with E-state index in [1.54, 1.807) is 0 Å². The van der Waals surface area contributed by atoms with Crippen molar-refractivity contribution >= 4 is 39.7 Å². The minimum Gasteiger partial charge on any atom is -0.356 e. The van der Waals surface area contributed by atoms with Crippen LogP contribution in [0.4, 0.5) is 14.6 Å². The maximum absolute atomic E-state index is 14.4. The van der Waals surface area contributed by atoms with Crippen LogP contribution in [-0.4, -0.2) is 31.5 Å². The van der Waals surface area contributed by atoms with Crippen molar-refractivity contribution in [3.63, 3.8) is 0 Å². The number of halogens is 4. The zero-order valence-electron chi connectivity index (χ0n) is 15.1. The van der Waals surface area contributed by atoms with E-state index < -0.39 is 21.5 Å². The highest BCUT2D eigenvalue weighted by Gasteiger charge is 2.33. The van der Waals surface area contributed by atoms with Crippen LogP contribution in [0.3, 0.4) is 0 Å². The standard InChI is InChI=1S/C18H18ClF2N3O2S.ClH/c1-10-3-2-4-24(7-10)18-12-8-27(25,26)9-16(12)22-17(23-18)11-5-15(21)13(19)6-14(11)20;/h5-6,10H,2-4,7-9H2,1H3;1H/t10-;/m1./s1. The molecular formula is C18H19Cl2F2N3O2S. The van der Waals surface area contributed by atoms with E-state index >= 15 is 0 Å². The molecule has 0 bridgehead atoms. The molecule has 0 radical (unpaired) electrons. The second-order valence-corrected chi connectivity index (χ2v) is 9.74. The first kappa shape index (κ1) is 21.2. The molecule has 2 aliphatic rings. The molecule has 5 nitrogen and oxygen atoms in total. The van der Waals surface area contributed by atoms with Gasteiger partial charge in [-0.15, -0.1) is 12.4 Å². The van der Waals surface area contributed by atoms with Crippen molar-refractivity contribution in [3.8, 4) is 11.4 Å². The molecule has 3 heterocycles. The first-order chi connectivity index (χ1) is 12.7. The van der Waals surface area contributed by atoms with Gasteiger partial charge >= 0.3 is 0 Å². The molecule has 1 aromatic heterocycles. The number of nitrogens with zero attached hydrogens (tertiary/aromatic N) is 3. The zero-order valence-corrected chi connectivity index (χ0v) is 17.5. The van der Waals surface area contributed by atoms with E-state index in [-0.39, 0.29) is 40.3 Å². The number of benzene rings is 1. The zero-order chi connectivity index (χ0) is 19.3. The van der Waals surface area contributed by atoms with Crippen LogP contribution in [0.25, 0.3) is 11.4 Å². The Morgan fingerprint density at radius 2 is 1.93 bits per heavy atom. The van der Waals surface area contributed by atoms with Gasteiger partial charge in [0.15, 0.2) is 15.7 Å². The third kappa shape index (κ3) is 3.95. The Bertz CT molecular complexity index is 1030. The fourth-order valence-corrected chi connectivity index (χ4v) is 5.36. The SMILES string of the molecule is C[C@@H]1CCCN(c2nc(-c3cc(F)c(Cl)cc3F)nc3c2CS(=O)(=O)C3)C1.Cl. The van der Waals surface area contributed by atoms with E-state index in [1.807, 2.05) is 4.90 Å². The van der Waals surface area contributed by atoms with Crippen LogP contribution >= 0.6 is 24.0 Å². The Morgan fingerprint density at radius 1 is 1.18 bits per heavy atom. The topological polar surface area (TPSA) is 63.2 Å². The molecule has 1 aromatic carbocycles. The monoisotopic (exact) mass is 449 g/mol. The van der Waals surface area contributed by atoms with Crippen molar-refractivity contribution in [3.05, 3.63) is 40.0 Å². The van der Waals surface area contributed by atoms with E-state index in [0.29, 0.717) is 23.0 Å². The second-order valence-electron chi connectivity index (χ2n) is 7.27. The highest BCUT2D eigenvalue weighted by Crippen LogP contribution is 2.36. The van der Waals surface area contributed by atoms with Crippen LogP contribution in [0.2, 0.25) is 5.02 Å². The van der Waals surface area contributed by atoms with Crippen molar-refractivity contribution in [1.82, 2.24) is 9.97 Å². The molecule has 1 fully saturated rings. The van der Waals surface area contributed by atoms with Crippen molar-refractivity contribution < 1.29 is 17.2 Å². The Labute approximate surface area is 173 Å². The highest BCUT2D eigenvalue weighted by atomic mass is 35.5. The first-order valence-corrected chi connectivity index (χ1v) is 10.9. The Morgan fingerprint density at radius 3 is 2.64 bits per heavy atom. The Hall–Kier alpha value is -1.51. The van der Waals surface area contributed by atoms with Crippen molar-refractivity contribution in [2.75, 3.05) is 18.0 Å². The first-order valence-electron chi connectivity index (χ1n) is 8.73. The van der Waals surface area contributed by atoms with E-state index in [2.05, 4.69) is 16.9 Å². The predicted molar refractivity (Wildman–Crippen MR) is 107 cm³/mol. The maximum atomic E-state index is 14.4. The van der Waals surface area contributed by atoms with Gasteiger partial charge in [-0.1, -0.05) is 18.5 Å². The van der Waals surface area contributed by atoms with Gasteiger partial charge in [-0.25, -0.2) is 27.2 Å². The largest absolute Gasteiger partial charge is 0.356 e. The van der Waals surface area contributed by atoms with Crippen LogP contribution < -0.4 is 4.90 Å². The molecule has 28 heavy (non-hydrogen) atoms.